The zero-order valence-electron chi connectivity index (χ0n) is 8.53. The van der Waals surface area contributed by atoms with Crippen molar-refractivity contribution in [2.75, 3.05) is 13.7 Å². The molecule has 0 aliphatic carbocycles. The fourth-order valence-electron chi connectivity index (χ4n) is 0.787. The molecule has 5 heteroatoms. The van der Waals surface area contributed by atoms with Crippen LogP contribution in [0.2, 0.25) is 0 Å². The maximum atomic E-state index is 11.4. The van der Waals surface area contributed by atoms with Crippen molar-refractivity contribution in [3.8, 4) is 0 Å². The van der Waals surface area contributed by atoms with Gasteiger partial charge in [-0.3, -0.25) is 4.79 Å². The minimum atomic E-state index is -1.58. The van der Waals surface area contributed by atoms with Crippen LogP contribution in [0, 0.1) is 0 Å². The number of rotatable bonds is 6. The summed E-state index contributed by atoms with van der Waals surface area (Å²) in [4.78, 5) is 21.6. The Morgan fingerprint density at radius 2 is 2.14 bits per heavy atom. The van der Waals surface area contributed by atoms with Crippen LogP contribution < -0.4 is 0 Å². The molecule has 1 atom stereocenters. The van der Waals surface area contributed by atoms with Gasteiger partial charge in [0, 0.05) is 0 Å². The molecule has 0 saturated heterocycles. The molecule has 0 amide bonds. The average Bonchev–Trinajstić information content (AvgIpc) is 2.17. The second-order valence-electron chi connectivity index (χ2n) is 2.60. The van der Waals surface area contributed by atoms with Crippen LogP contribution in [0.5, 0.6) is 0 Å². The maximum absolute atomic E-state index is 11.4. The molecular formula is C9H14O5. The third kappa shape index (κ3) is 2.48. The van der Waals surface area contributed by atoms with E-state index in [1.165, 1.54) is 14.0 Å². The lowest BCUT2D eigenvalue weighted by molar-refractivity contribution is -0.172. The Morgan fingerprint density at radius 1 is 1.57 bits per heavy atom. The van der Waals surface area contributed by atoms with Crippen LogP contribution in [0.3, 0.4) is 0 Å². The van der Waals surface area contributed by atoms with Crippen molar-refractivity contribution in [1.82, 2.24) is 0 Å². The van der Waals surface area contributed by atoms with E-state index in [4.69, 9.17) is 9.47 Å². The van der Waals surface area contributed by atoms with E-state index in [1.54, 1.807) is 6.92 Å². The highest BCUT2D eigenvalue weighted by Gasteiger charge is 2.41. The molecule has 0 aliphatic heterocycles. The van der Waals surface area contributed by atoms with Crippen LogP contribution >= 0.6 is 0 Å². The third-order valence-electron chi connectivity index (χ3n) is 1.73. The van der Waals surface area contributed by atoms with Crippen LogP contribution in [0.1, 0.15) is 13.8 Å². The van der Waals surface area contributed by atoms with Crippen molar-refractivity contribution in [2.24, 2.45) is 0 Å². The summed E-state index contributed by atoms with van der Waals surface area (Å²) in [6, 6.07) is 0. The molecule has 0 spiro atoms. The van der Waals surface area contributed by atoms with Gasteiger partial charge in [-0.05, 0) is 13.8 Å². The Morgan fingerprint density at radius 3 is 2.50 bits per heavy atom. The first-order chi connectivity index (χ1) is 6.52. The first kappa shape index (κ1) is 12.5. The molecule has 0 saturated carbocycles. The van der Waals surface area contributed by atoms with Crippen molar-refractivity contribution >= 4 is 12.4 Å². The highest BCUT2D eigenvalue weighted by Crippen LogP contribution is 2.21. The summed E-state index contributed by atoms with van der Waals surface area (Å²) in [5, 5.41) is 0. The van der Waals surface area contributed by atoms with Gasteiger partial charge in [-0.15, -0.1) is 0 Å². The lowest BCUT2D eigenvalue weighted by Crippen LogP contribution is -2.42. The molecule has 0 aromatic heterocycles. The van der Waals surface area contributed by atoms with Gasteiger partial charge in [0.1, 0.15) is 5.76 Å². The fourth-order valence-corrected chi connectivity index (χ4v) is 0.787. The van der Waals surface area contributed by atoms with E-state index in [9.17, 15) is 9.59 Å². The Bertz CT molecular complexity index is 235. The molecule has 0 aromatic carbocycles. The van der Waals surface area contributed by atoms with Gasteiger partial charge < -0.3 is 14.2 Å². The molecule has 14 heavy (non-hydrogen) atoms. The Kier molecular flexibility index (Phi) is 4.69. The molecule has 0 aromatic rings. The zero-order chi connectivity index (χ0) is 11.2. The van der Waals surface area contributed by atoms with Gasteiger partial charge in [0.05, 0.1) is 13.7 Å². The number of hydrogen-bond donors (Lipinski definition) is 0. The Balaban J connectivity index is 4.78. The van der Waals surface area contributed by atoms with Crippen LogP contribution in [0.15, 0.2) is 12.3 Å². The summed E-state index contributed by atoms with van der Waals surface area (Å²) >= 11 is 0. The molecule has 0 heterocycles. The van der Waals surface area contributed by atoms with E-state index in [2.05, 4.69) is 11.3 Å². The SMILES string of the molecule is C=C(OC)C(C)(OC=O)C(=O)OCC. The first-order valence-electron chi connectivity index (χ1n) is 4.05. The highest BCUT2D eigenvalue weighted by atomic mass is 16.6. The maximum Gasteiger partial charge on any atom is 0.358 e. The standard InChI is InChI=1S/C9H14O5/c1-5-13-8(11)9(3,14-6-10)7(2)12-4/h6H,2,5H2,1,3-4H3. The van der Waals surface area contributed by atoms with E-state index in [-0.39, 0.29) is 18.8 Å². The minimum Gasteiger partial charge on any atom is -0.497 e. The lowest BCUT2D eigenvalue weighted by atomic mass is 10.1. The zero-order valence-corrected chi connectivity index (χ0v) is 8.53. The largest absolute Gasteiger partial charge is 0.497 e. The molecular weight excluding hydrogens is 188 g/mol. The Hall–Kier alpha value is -1.52. The van der Waals surface area contributed by atoms with Gasteiger partial charge in [-0.2, -0.15) is 0 Å². The quantitative estimate of drug-likeness (QED) is 0.359. The monoisotopic (exact) mass is 202 g/mol. The van der Waals surface area contributed by atoms with E-state index < -0.39 is 11.6 Å². The van der Waals surface area contributed by atoms with E-state index in [0.717, 1.165) is 0 Å². The molecule has 0 rings (SSSR count). The van der Waals surface area contributed by atoms with E-state index in [1.807, 2.05) is 0 Å². The van der Waals surface area contributed by atoms with Gasteiger partial charge in [0.15, 0.2) is 0 Å². The second-order valence-corrected chi connectivity index (χ2v) is 2.60. The number of carbonyl (C=O) groups excluding carboxylic acids is 2. The minimum absolute atomic E-state index is 0.0167. The lowest BCUT2D eigenvalue weighted by Gasteiger charge is -2.25. The van der Waals surface area contributed by atoms with Crippen LogP contribution in [0.4, 0.5) is 0 Å². The number of carbonyl (C=O) groups is 2. The number of hydrogen-bond acceptors (Lipinski definition) is 5. The highest BCUT2D eigenvalue weighted by molar-refractivity contribution is 5.83. The summed E-state index contributed by atoms with van der Waals surface area (Å²) in [7, 11) is 1.33. The summed E-state index contributed by atoms with van der Waals surface area (Å²) in [6.45, 7) is 6.80. The first-order valence-corrected chi connectivity index (χ1v) is 4.05. The predicted molar refractivity (Wildman–Crippen MR) is 48.3 cm³/mol. The average molecular weight is 202 g/mol. The Labute approximate surface area is 82.6 Å². The van der Waals surface area contributed by atoms with Gasteiger partial charge in [0.25, 0.3) is 12.1 Å². The van der Waals surface area contributed by atoms with E-state index in [0.29, 0.717) is 0 Å². The summed E-state index contributed by atoms with van der Waals surface area (Å²) in [5.74, 6) is -0.693. The fraction of sp³-hybridized carbons (Fsp3) is 0.556. The summed E-state index contributed by atoms with van der Waals surface area (Å²) < 4.78 is 14.1. The van der Waals surface area contributed by atoms with E-state index >= 15 is 0 Å². The molecule has 80 valence electrons. The van der Waals surface area contributed by atoms with Crippen molar-refractivity contribution in [1.29, 1.82) is 0 Å². The van der Waals surface area contributed by atoms with Crippen LogP contribution in [-0.2, 0) is 23.8 Å². The van der Waals surface area contributed by atoms with Gasteiger partial charge in [-0.25, -0.2) is 4.79 Å². The third-order valence-corrected chi connectivity index (χ3v) is 1.73. The molecule has 0 N–H and O–H groups in total. The molecule has 0 fully saturated rings. The van der Waals surface area contributed by atoms with Crippen molar-refractivity contribution in [3.63, 3.8) is 0 Å². The predicted octanol–water partition coefficient (Wildman–Crippen LogP) is 0.641. The number of esters is 1. The molecule has 5 nitrogen and oxygen atoms in total. The van der Waals surface area contributed by atoms with Gasteiger partial charge in [0.2, 0.25) is 0 Å². The van der Waals surface area contributed by atoms with Crippen molar-refractivity contribution in [3.05, 3.63) is 12.3 Å². The van der Waals surface area contributed by atoms with Crippen LogP contribution in [0.25, 0.3) is 0 Å². The van der Waals surface area contributed by atoms with Gasteiger partial charge in [-0.1, -0.05) is 6.58 Å². The molecule has 0 radical (unpaired) electrons. The molecule has 0 bridgehead atoms. The molecule has 0 aliphatic rings. The second kappa shape index (κ2) is 5.26. The van der Waals surface area contributed by atoms with Gasteiger partial charge >= 0.3 is 5.97 Å². The number of methoxy groups -OCH3 is 1. The smallest absolute Gasteiger partial charge is 0.358 e. The van der Waals surface area contributed by atoms with Crippen molar-refractivity contribution in [2.45, 2.75) is 19.4 Å². The normalized spacial score (nSPS) is 13.6. The van der Waals surface area contributed by atoms with Crippen LogP contribution in [-0.4, -0.2) is 31.8 Å². The van der Waals surface area contributed by atoms with Crippen molar-refractivity contribution < 1.29 is 23.8 Å². The number of ether oxygens (including phenoxy) is 3. The topological polar surface area (TPSA) is 61.8 Å². The summed E-state index contributed by atoms with van der Waals surface area (Å²) in [5.41, 5.74) is -1.58. The summed E-state index contributed by atoms with van der Waals surface area (Å²) in [6.07, 6.45) is 0. The molecule has 1 unspecified atom stereocenters.